The summed E-state index contributed by atoms with van der Waals surface area (Å²) in [5.74, 6) is 0.117. The Kier molecular flexibility index (Phi) is 5.69. The van der Waals surface area contributed by atoms with Crippen LogP contribution in [-0.2, 0) is 9.59 Å². The van der Waals surface area contributed by atoms with Crippen molar-refractivity contribution < 1.29 is 19.2 Å². The zero-order chi connectivity index (χ0) is 23.0. The second-order valence-electron chi connectivity index (χ2n) is 8.32. The van der Waals surface area contributed by atoms with Gasteiger partial charge in [-0.05, 0) is 61.1 Å². The molecule has 4 rings (SSSR count). The van der Waals surface area contributed by atoms with Gasteiger partial charge in [-0.2, -0.15) is 0 Å². The van der Waals surface area contributed by atoms with E-state index in [0.717, 1.165) is 23.3 Å². The van der Waals surface area contributed by atoms with Crippen molar-refractivity contribution in [3.63, 3.8) is 0 Å². The Hall–Kier alpha value is -3.68. The van der Waals surface area contributed by atoms with Gasteiger partial charge in [0.05, 0.1) is 23.3 Å². The molecule has 0 bridgehead atoms. The van der Waals surface area contributed by atoms with Crippen LogP contribution in [0.2, 0.25) is 0 Å². The number of likely N-dealkylation sites (tertiary alicyclic amines) is 1. The van der Waals surface area contributed by atoms with E-state index in [1.54, 1.807) is 12.1 Å². The van der Waals surface area contributed by atoms with Crippen molar-refractivity contribution >= 4 is 28.8 Å². The first kappa shape index (κ1) is 21.5. The number of nitro benzene ring substituents is 1. The van der Waals surface area contributed by atoms with Crippen molar-refractivity contribution in [3.05, 3.63) is 69.4 Å². The third-order valence-corrected chi connectivity index (χ3v) is 6.10. The van der Waals surface area contributed by atoms with Gasteiger partial charge in [0.1, 0.15) is 11.4 Å². The van der Waals surface area contributed by atoms with Crippen LogP contribution < -0.4 is 9.64 Å². The predicted molar refractivity (Wildman–Crippen MR) is 120 cm³/mol. The van der Waals surface area contributed by atoms with Crippen molar-refractivity contribution in [1.29, 1.82) is 0 Å². The van der Waals surface area contributed by atoms with Crippen LogP contribution >= 0.6 is 0 Å². The van der Waals surface area contributed by atoms with Gasteiger partial charge in [-0.15, -0.1) is 0 Å². The second kappa shape index (κ2) is 8.45. The first-order valence-electron chi connectivity index (χ1n) is 10.6. The molecule has 0 N–H and O–H groups in total. The molecule has 0 unspecified atom stereocenters. The molecule has 2 aliphatic heterocycles. The number of imide groups is 1. The van der Waals surface area contributed by atoms with Gasteiger partial charge in [-0.1, -0.05) is 13.0 Å². The normalized spacial score (nSPS) is 17.3. The number of methoxy groups -OCH3 is 1. The molecule has 8 heteroatoms. The van der Waals surface area contributed by atoms with Crippen LogP contribution in [0.15, 0.2) is 48.2 Å². The lowest BCUT2D eigenvalue weighted by Gasteiger charge is -2.32. The number of carbonyl (C=O) groups excluding carboxylic acids is 2. The van der Waals surface area contributed by atoms with E-state index in [0.29, 0.717) is 41.7 Å². The van der Waals surface area contributed by atoms with Crippen molar-refractivity contribution in [2.24, 2.45) is 5.92 Å². The van der Waals surface area contributed by atoms with Crippen LogP contribution in [0.4, 0.5) is 11.4 Å². The topological polar surface area (TPSA) is 93.0 Å². The number of carbonyl (C=O) groups is 2. The highest BCUT2D eigenvalue weighted by Gasteiger charge is 2.44. The van der Waals surface area contributed by atoms with E-state index < -0.39 is 16.7 Å². The van der Waals surface area contributed by atoms with E-state index in [1.807, 2.05) is 17.9 Å². The molecule has 8 nitrogen and oxygen atoms in total. The Labute approximate surface area is 186 Å². The summed E-state index contributed by atoms with van der Waals surface area (Å²) < 4.78 is 5.43. The molecule has 32 heavy (non-hydrogen) atoms. The van der Waals surface area contributed by atoms with Gasteiger partial charge in [-0.25, -0.2) is 4.90 Å². The molecular formula is C24H25N3O5. The highest BCUT2D eigenvalue weighted by atomic mass is 16.6. The number of amides is 2. The highest BCUT2D eigenvalue weighted by molar-refractivity contribution is 6.45. The molecule has 0 saturated carbocycles. The van der Waals surface area contributed by atoms with Crippen molar-refractivity contribution in [3.8, 4) is 5.75 Å². The lowest BCUT2D eigenvalue weighted by molar-refractivity contribution is -0.384. The van der Waals surface area contributed by atoms with Gasteiger partial charge >= 0.3 is 0 Å². The number of piperidine rings is 1. The minimum Gasteiger partial charge on any atom is -0.495 e. The number of benzene rings is 2. The van der Waals surface area contributed by atoms with Gasteiger partial charge in [0.2, 0.25) is 0 Å². The summed E-state index contributed by atoms with van der Waals surface area (Å²) in [7, 11) is 1.50. The maximum absolute atomic E-state index is 13.7. The Bertz CT molecular complexity index is 1110. The van der Waals surface area contributed by atoms with E-state index in [9.17, 15) is 19.7 Å². The average molecular weight is 435 g/mol. The van der Waals surface area contributed by atoms with E-state index in [2.05, 4.69) is 6.92 Å². The number of hydrogen-bond acceptors (Lipinski definition) is 6. The summed E-state index contributed by atoms with van der Waals surface area (Å²) in [5, 5.41) is 11.1. The van der Waals surface area contributed by atoms with Gasteiger partial charge in [0.25, 0.3) is 17.5 Å². The molecule has 2 heterocycles. The van der Waals surface area contributed by atoms with Crippen LogP contribution in [0, 0.1) is 23.0 Å². The van der Waals surface area contributed by atoms with Crippen molar-refractivity contribution in [1.82, 2.24) is 4.90 Å². The zero-order valence-electron chi connectivity index (χ0n) is 18.3. The summed E-state index contributed by atoms with van der Waals surface area (Å²) in [5.41, 5.74) is 2.30. The zero-order valence-corrected chi connectivity index (χ0v) is 18.3. The Morgan fingerprint density at radius 1 is 1.03 bits per heavy atom. The van der Waals surface area contributed by atoms with Crippen LogP contribution in [-0.4, -0.2) is 41.8 Å². The third-order valence-electron chi connectivity index (χ3n) is 6.10. The number of rotatable bonds is 5. The number of anilines is 1. The van der Waals surface area contributed by atoms with Gasteiger partial charge in [0.15, 0.2) is 0 Å². The maximum atomic E-state index is 13.7. The Morgan fingerprint density at radius 3 is 2.28 bits per heavy atom. The molecule has 2 aromatic rings. The molecule has 1 fully saturated rings. The number of nitro groups is 1. The summed E-state index contributed by atoms with van der Waals surface area (Å²) in [6, 6.07) is 11.1. The smallest absolute Gasteiger partial charge is 0.282 e. The lowest BCUT2D eigenvalue weighted by atomic mass is 9.97. The minimum absolute atomic E-state index is 0.0725. The van der Waals surface area contributed by atoms with Crippen molar-refractivity contribution in [2.75, 3.05) is 25.1 Å². The van der Waals surface area contributed by atoms with Crippen LogP contribution in [0.3, 0.4) is 0 Å². The molecule has 2 aromatic carbocycles. The Balaban J connectivity index is 1.84. The minimum atomic E-state index is -0.489. The van der Waals surface area contributed by atoms with Crippen LogP contribution in [0.25, 0.3) is 5.57 Å². The molecule has 0 atom stereocenters. The monoisotopic (exact) mass is 435 g/mol. The van der Waals surface area contributed by atoms with Crippen LogP contribution in [0.5, 0.6) is 5.75 Å². The van der Waals surface area contributed by atoms with E-state index in [1.165, 1.54) is 31.4 Å². The van der Waals surface area contributed by atoms with Gasteiger partial charge in [-0.3, -0.25) is 19.7 Å². The maximum Gasteiger partial charge on any atom is 0.282 e. The number of aryl methyl sites for hydroxylation is 1. The second-order valence-corrected chi connectivity index (χ2v) is 8.32. The van der Waals surface area contributed by atoms with Crippen molar-refractivity contribution in [2.45, 2.75) is 26.7 Å². The Morgan fingerprint density at radius 2 is 1.69 bits per heavy atom. The number of non-ortho nitro benzene ring substituents is 1. The third kappa shape index (κ3) is 3.72. The first-order valence-corrected chi connectivity index (χ1v) is 10.6. The fourth-order valence-corrected chi connectivity index (χ4v) is 4.25. The number of nitrogens with zero attached hydrogens (tertiary/aromatic N) is 3. The molecule has 0 radical (unpaired) electrons. The molecular weight excluding hydrogens is 410 g/mol. The quantitative estimate of drug-likeness (QED) is 0.401. The summed E-state index contributed by atoms with van der Waals surface area (Å²) >= 11 is 0. The predicted octanol–water partition coefficient (Wildman–Crippen LogP) is 3.93. The fourth-order valence-electron chi connectivity index (χ4n) is 4.25. The molecule has 0 aliphatic carbocycles. The molecule has 1 saturated heterocycles. The largest absolute Gasteiger partial charge is 0.495 e. The fraction of sp³-hybridized carbons (Fsp3) is 0.333. The highest BCUT2D eigenvalue weighted by Crippen LogP contribution is 2.40. The summed E-state index contributed by atoms with van der Waals surface area (Å²) in [4.78, 5) is 41.1. The standard InChI is InChI=1S/C24H25N3O5/c1-15-10-12-25(13-11-15)22-21(17-5-7-18(8-6-17)27(30)31)23(28)26(24(22)29)19-14-16(2)4-9-20(19)32-3/h4-9,14-15H,10-13H2,1-3H3. The van der Waals surface area contributed by atoms with Gasteiger partial charge < -0.3 is 9.64 Å². The summed E-state index contributed by atoms with van der Waals surface area (Å²) in [6.45, 7) is 5.40. The molecule has 0 aromatic heterocycles. The molecule has 2 amide bonds. The number of hydrogen-bond donors (Lipinski definition) is 0. The van der Waals surface area contributed by atoms with Gasteiger partial charge in [0, 0.05) is 25.2 Å². The first-order chi connectivity index (χ1) is 15.3. The SMILES string of the molecule is COc1ccc(C)cc1N1C(=O)C(c2ccc([N+](=O)[O-])cc2)=C(N2CCC(C)CC2)C1=O. The molecule has 2 aliphatic rings. The average Bonchev–Trinajstić information content (AvgIpc) is 3.04. The van der Waals surface area contributed by atoms with E-state index in [-0.39, 0.29) is 11.3 Å². The van der Waals surface area contributed by atoms with E-state index in [4.69, 9.17) is 4.74 Å². The molecule has 166 valence electrons. The van der Waals surface area contributed by atoms with Crippen LogP contribution in [0.1, 0.15) is 30.9 Å². The lowest BCUT2D eigenvalue weighted by Crippen LogP contribution is -2.38. The summed E-state index contributed by atoms with van der Waals surface area (Å²) in [6.07, 6.45) is 1.85. The molecule has 0 spiro atoms. The number of ether oxygens (including phenoxy) is 1. The van der Waals surface area contributed by atoms with E-state index >= 15 is 0 Å².